The topological polar surface area (TPSA) is 102 Å². The maximum absolute atomic E-state index is 13.5. The normalized spacial score (nSPS) is 15.5. The lowest BCUT2D eigenvalue weighted by Gasteiger charge is -2.20. The number of nitrogens with zero attached hydrogens (tertiary/aromatic N) is 6. The monoisotopic (exact) mass is 496 g/mol. The summed E-state index contributed by atoms with van der Waals surface area (Å²) < 4.78 is 9.58. The molecule has 10 nitrogen and oxygen atoms in total. The molecule has 0 aliphatic carbocycles. The van der Waals surface area contributed by atoms with E-state index in [0.29, 0.717) is 40.2 Å². The molecule has 1 aliphatic heterocycles. The molecule has 1 fully saturated rings. The molecule has 2 N–H and O–H groups in total. The molecule has 10 heteroatoms. The summed E-state index contributed by atoms with van der Waals surface area (Å²) in [6, 6.07) is 13.7. The molecule has 2 aromatic carbocycles. The Hall–Kier alpha value is -4.44. The lowest BCUT2D eigenvalue weighted by Crippen LogP contribution is -2.29. The molecule has 6 rings (SSSR count). The number of fused-ring (bicyclic) bond motifs is 2. The summed E-state index contributed by atoms with van der Waals surface area (Å²) >= 11 is 0. The van der Waals surface area contributed by atoms with E-state index in [1.54, 1.807) is 15.3 Å². The second kappa shape index (κ2) is 9.21. The zero-order valence-electron chi connectivity index (χ0n) is 21.0. The van der Waals surface area contributed by atoms with Gasteiger partial charge >= 0.3 is 0 Å². The Labute approximate surface area is 213 Å². The molecule has 4 heterocycles. The van der Waals surface area contributed by atoms with E-state index in [4.69, 9.17) is 4.74 Å². The van der Waals surface area contributed by atoms with Crippen LogP contribution in [-0.2, 0) is 7.05 Å². The number of para-hydroxylation sites is 1. The summed E-state index contributed by atoms with van der Waals surface area (Å²) in [5.74, 6) is 1.00. The molecule has 3 aromatic heterocycles. The van der Waals surface area contributed by atoms with Gasteiger partial charge in [-0.25, -0.2) is 4.98 Å². The highest BCUT2D eigenvalue weighted by Gasteiger charge is 2.25. The van der Waals surface area contributed by atoms with Crippen molar-refractivity contribution in [2.75, 3.05) is 30.4 Å². The van der Waals surface area contributed by atoms with Crippen LogP contribution in [0.15, 0.2) is 61.1 Å². The number of ether oxygens (including phenoxy) is 1. The molecule has 37 heavy (non-hydrogen) atoms. The lowest BCUT2D eigenvalue weighted by atomic mass is 10.1. The van der Waals surface area contributed by atoms with Crippen LogP contribution in [0.25, 0.3) is 16.6 Å². The van der Waals surface area contributed by atoms with Gasteiger partial charge in [0.2, 0.25) is 5.65 Å². The van der Waals surface area contributed by atoms with Crippen LogP contribution in [0.3, 0.4) is 0 Å². The Kier molecular flexibility index (Phi) is 5.72. The molecule has 1 saturated heterocycles. The van der Waals surface area contributed by atoms with E-state index in [2.05, 4.69) is 30.6 Å². The largest absolute Gasteiger partial charge is 0.436 e. The Balaban J connectivity index is 1.34. The zero-order valence-corrected chi connectivity index (χ0v) is 21.0. The third-order valence-corrected chi connectivity index (χ3v) is 6.68. The SMILES string of the molecule is CNC1CCN(c2ccc(C(=O)Nc3cn4cc(C)nc4c(Oc4ccccc4)n3)c3nn(C)cc23)C1. The first-order chi connectivity index (χ1) is 18.0. The zero-order chi connectivity index (χ0) is 25.5. The molecule has 0 spiro atoms. The van der Waals surface area contributed by atoms with Gasteiger partial charge in [0.25, 0.3) is 11.8 Å². The predicted octanol–water partition coefficient (Wildman–Crippen LogP) is 3.77. The number of nitrogens with one attached hydrogen (secondary N) is 2. The van der Waals surface area contributed by atoms with Crippen molar-refractivity contribution in [3.63, 3.8) is 0 Å². The van der Waals surface area contributed by atoms with Crippen molar-refractivity contribution in [1.29, 1.82) is 0 Å². The molecule has 1 amide bonds. The van der Waals surface area contributed by atoms with E-state index < -0.39 is 0 Å². The maximum Gasteiger partial charge on any atom is 0.265 e. The van der Waals surface area contributed by atoms with E-state index in [0.717, 1.165) is 36.3 Å². The van der Waals surface area contributed by atoms with Crippen LogP contribution in [-0.4, -0.2) is 56.2 Å². The van der Waals surface area contributed by atoms with Crippen LogP contribution in [0, 0.1) is 6.92 Å². The van der Waals surface area contributed by atoms with Gasteiger partial charge in [-0.05, 0) is 44.7 Å². The summed E-state index contributed by atoms with van der Waals surface area (Å²) in [6.45, 7) is 3.78. The first-order valence-electron chi connectivity index (χ1n) is 12.3. The number of carbonyl (C=O) groups is 1. The number of aryl methyl sites for hydroxylation is 2. The highest BCUT2D eigenvalue weighted by molar-refractivity contribution is 6.13. The van der Waals surface area contributed by atoms with Crippen molar-refractivity contribution in [2.24, 2.45) is 7.05 Å². The van der Waals surface area contributed by atoms with Gasteiger partial charge in [0, 0.05) is 49.6 Å². The van der Waals surface area contributed by atoms with Crippen LogP contribution in [0.5, 0.6) is 11.6 Å². The Morgan fingerprint density at radius 3 is 2.70 bits per heavy atom. The minimum Gasteiger partial charge on any atom is -0.436 e. The number of imidazole rings is 1. The van der Waals surface area contributed by atoms with Gasteiger partial charge in [-0.1, -0.05) is 18.2 Å². The number of hydrogen-bond donors (Lipinski definition) is 2. The quantitative estimate of drug-likeness (QED) is 0.369. The number of anilines is 2. The van der Waals surface area contributed by atoms with Gasteiger partial charge in [-0.3, -0.25) is 13.9 Å². The number of hydrogen-bond acceptors (Lipinski definition) is 7. The lowest BCUT2D eigenvalue weighted by molar-refractivity contribution is 0.102. The second-order valence-corrected chi connectivity index (χ2v) is 9.33. The van der Waals surface area contributed by atoms with Crippen molar-refractivity contribution >= 4 is 34.0 Å². The van der Waals surface area contributed by atoms with Crippen LogP contribution < -0.4 is 20.3 Å². The van der Waals surface area contributed by atoms with Gasteiger partial charge in [0.1, 0.15) is 11.3 Å². The van der Waals surface area contributed by atoms with Crippen LogP contribution in [0.4, 0.5) is 11.5 Å². The molecule has 0 bridgehead atoms. The minimum absolute atomic E-state index is 0.292. The fourth-order valence-corrected chi connectivity index (χ4v) is 4.88. The van der Waals surface area contributed by atoms with Gasteiger partial charge in [-0.2, -0.15) is 10.1 Å². The van der Waals surface area contributed by atoms with E-state index in [1.165, 1.54) is 0 Å². The smallest absolute Gasteiger partial charge is 0.265 e. The van der Waals surface area contributed by atoms with Crippen LogP contribution >= 0.6 is 0 Å². The molecule has 0 radical (unpaired) electrons. The maximum atomic E-state index is 13.5. The minimum atomic E-state index is -0.292. The average molecular weight is 497 g/mol. The van der Waals surface area contributed by atoms with Gasteiger partial charge in [0.15, 0.2) is 5.82 Å². The summed E-state index contributed by atoms with van der Waals surface area (Å²) in [7, 11) is 3.87. The van der Waals surface area contributed by atoms with Crippen molar-refractivity contribution in [3.05, 3.63) is 72.3 Å². The molecule has 1 aliphatic rings. The molecular weight excluding hydrogens is 468 g/mol. The Morgan fingerprint density at radius 1 is 1.08 bits per heavy atom. The summed E-state index contributed by atoms with van der Waals surface area (Å²) in [4.78, 5) is 24.9. The molecule has 5 aromatic rings. The highest BCUT2D eigenvalue weighted by Crippen LogP contribution is 2.32. The number of benzene rings is 2. The number of likely N-dealkylation sites (N-methyl/N-ethyl adjacent to an activating group) is 1. The molecule has 188 valence electrons. The molecule has 1 unspecified atom stereocenters. The predicted molar refractivity (Wildman–Crippen MR) is 143 cm³/mol. The number of carbonyl (C=O) groups excluding carboxylic acids is 1. The number of amides is 1. The molecular formula is C27H28N8O2. The molecule has 1 atom stereocenters. The Bertz CT molecular complexity index is 1610. The van der Waals surface area contributed by atoms with Crippen molar-refractivity contribution in [2.45, 2.75) is 19.4 Å². The number of rotatable bonds is 6. The second-order valence-electron chi connectivity index (χ2n) is 9.33. The van der Waals surface area contributed by atoms with Crippen molar-refractivity contribution < 1.29 is 9.53 Å². The standard InChI is InChI=1S/C27H28N8O2/c1-17-13-35-16-23(31-27(25(35)29-17)37-19-7-5-4-6-8-19)30-26(36)20-9-10-22(21-15-33(3)32-24(20)21)34-12-11-18(14-34)28-2/h4-10,13,15-16,18,28H,11-12,14H2,1-3H3,(H,30,36). The van der Waals surface area contributed by atoms with Crippen LogP contribution in [0.2, 0.25) is 0 Å². The summed E-state index contributed by atoms with van der Waals surface area (Å²) in [5.41, 5.74) is 3.62. The van der Waals surface area contributed by atoms with E-state index >= 15 is 0 Å². The van der Waals surface area contributed by atoms with Gasteiger partial charge in [-0.15, -0.1) is 0 Å². The van der Waals surface area contributed by atoms with Crippen molar-refractivity contribution in [3.8, 4) is 11.6 Å². The van der Waals surface area contributed by atoms with E-state index in [9.17, 15) is 4.79 Å². The third-order valence-electron chi connectivity index (χ3n) is 6.68. The summed E-state index contributed by atoms with van der Waals surface area (Å²) in [5, 5.41) is 11.9. The number of aromatic nitrogens is 5. The summed E-state index contributed by atoms with van der Waals surface area (Å²) in [6.07, 6.45) is 6.65. The fourth-order valence-electron chi connectivity index (χ4n) is 4.88. The first-order valence-corrected chi connectivity index (χ1v) is 12.3. The molecule has 0 saturated carbocycles. The third kappa shape index (κ3) is 4.36. The Morgan fingerprint density at radius 2 is 1.92 bits per heavy atom. The fraction of sp³-hybridized carbons (Fsp3) is 0.259. The van der Waals surface area contributed by atoms with Crippen LogP contribution in [0.1, 0.15) is 22.5 Å². The highest BCUT2D eigenvalue weighted by atomic mass is 16.5. The van der Waals surface area contributed by atoms with Gasteiger partial charge in [0.05, 0.1) is 17.5 Å². The first kappa shape index (κ1) is 23.0. The van der Waals surface area contributed by atoms with Crippen molar-refractivity contribution in [1.82, 2.24) is 29.5 Å². The van der Waals surface area contributed by atoms with E-state index in [-0.39, 0.29) is 5.91 Å². The van der Waals surface area contributed by atoms with Gasteiger partial charge < -0.3 is 20.3 Å². The average Bonchev–Trinajstić information content (AvgIpc) is 3.61. The van der Waals surface area contributed by atoms with E-state index in [1.807, 2.05) is 75.9 Å².